The molecule has 4 heteroatoms. The standard InChI is InChI=1S/C14H12ClN3/c1-18-13-5-3-2-4-12(13)17-14(18)10-7-6-9(15)8-11(10)16/h2-8H,16H2,1H3. The summed E-state index contributed by atoms with van der Waals surface area (Å²) >= 11 is 5.92. The Hall–Kier alpha value is -2.00. The van der Waals surface area contributed by atoms with E-state index >= 15 is 0 Å². The van der Waals surface area contributed by atoms with Gasteiger partial charge in [0.1, 0.15) is 5.82 Å². The molecule has 0 atom stereocenters. The number of anilines is 1. The number of nitrogens with zero attached hydrogens (tertiary/aromatic N) is 2. The highest BCUT2D eigenvalue weighted by Crippen LogP contribution is 2.29. The van der Waals surface area contributed by atoms with Crippen LogP contribution in [-0.4, -0.2) is 9.55 Å². The van der Waals surface area contributed by atoms with Crippen LogP contribution in [0.3, 0.4) is 0 Å². The van der Waals surface area contributed by atoms with Crippen LogP contribution in [0.2, 0.25) is 5.02 Å². The van der Waals surface area contributed by atoms with Crippen molar-refractivity contribution >= 4 is 28.3 Å². The predicted octanol–water partition coefficient (Wildman–Crippen LogP) is 3.48. The Morgan fingerprint density at radius 3 is 2.67 bits per heavy atom. The summed E-state index contributed by atoms with van der Waals surface area (Å²) in [6.07, 6.45) is 0. The number of hydrogen-bond acceptors (Lipinski definition) is 2. The molecule has 1 heterocycles. The summed E-state index contributed by atoms with van der Waals surface area (Å²) in [6.45, 7) is 0. The molecular weight excluding hydrogens is 246 g/mol. The molecule has 2 aromatic carbocycles. The zero-order valence-electron chi connectivity index (χ0n) is 9.89. The SMILES string of the molecule is Cn1c(-c2ccc(Cl)cc2N)nc2ccccc21. The number of imidazole rings is 1. The van der Waals surface area contributed by atoms with Gasteiger partial charge in [-0.05, 0) is 30.3 Å². The fraction of sp³-hybridized carbons (Fsp3) is 0.0714. The van der Waals surface area contributed by atoms with Crippen LogP contribution in [0.4, 0.5) is 5.69 Å². The number of benzene rings is 2. The molecule has 0 aliphatic heterocycles. The maximum absolute atomic E-state index is 6.01. The molecule has 0 aliphatic rings. The van der Waals surface area contributed by atoms with Gasteiger partial charge in [0.2, 0.25) is 0 Å². The normalized spacial score (nSPS) is 11.0. The minimum Gasteiger partial charge on any atom is -0.398 e. The number of fused-ring (bicyclic) bond motifs is 1. The van der Waals surface area contributed by atoms with Crippen LogP contribution in [0.25, 0.3) is 22.4 Å². The molecule has 0 aliphatic carbocycles. The van der Waals surface area contributed by atoms with Crippen molar-refractivity contribution in [3.8, 4) is 11.4 Å². The summed E-state index contributed by atoms with van der Waals surface area (Å²) in [5, 5.41) is 0.634. The van der Waals surface area contributed by atoms with Crippen LogP contribution in [0.1, 0.15) is 0 Å². The van der Waals surface area contributed by atoms with Crippen LogP contribution in [-0.2, 0) is 7.05 Å². The molecule has 0 radical (unpaired) electrons. The molecule has 0 saturated carbocycles. The Bertz CT molecular complexity index is 731. The molecule has 3 rings (SSSR count). The smallest absolute Gasteiger partial charge is 0.142 e. The Labute approximate surface area is 110 Å². The number of aromatic nitrogens is 2. The summed E-state index contributed by atoms with van der Waals surface area (Å²) in [5.41, 5.74) is 9.59. The Balaban J connectivity index is 2.28. The number of nitrogens with two attached hydrogens (primary N) is 1. The third kappa shape index (κ3) is 1.64. The highest BCUT2D eigenvalue weighted by molar-refractivity contribution is 6.31. The van der Waals surface area contributed by atoms with Crippen LogP contribution < -0.4 is 5.73 Å². The van der Waals surface area contributed by atoms with Crippen LogP contribution in [0.5, 0.6) is 0 Å². The van der Waals surface area contributed by atoms with Gasteiger partial charge in [0.05, 0.1) is 11.0 Å². The minimum atomic E-state index is 0.634. The molecule has 0 unspecified atom stereocenters. The van der Waals surface area contributed by atoms with E-state index in [0.717, 1.165) is 22.4 Å². The van der Waals surface area contributed by atoms with Crippen molar-refractivity contribution in [2.45, 2.75) is 0 Å². The van der Waals surface area contributed by atoms with Gasteiger partial charge in [0.15, 0.2) is 0 Å². The van der Waals surface area contributed by atoms with E-state index in [1.807, 2.05) is 48.0 Å². The number of halogens is 1. The highest BCUT2D eigenvalue weighted by atomic mass is 35.5. The second kappa shape index (κ2) is 4.03. The second-order valence-electron chi connectivity index (χ2n) is 4.21. The maximum Gasteiger partial charge on any atom is 0.142 e. The molecule has 2 N–H and O–H groups in total. The van der Waals surface area contributed by atoms with Crippen molar-refractivity contribution in [3.63, 3.8) is 0 Å². The molecule has 0 saturated heterocycles. The van der Waals surface area contributed by atoms with Gasteiger partial charge >= 0.3 is 0 Å². The van der Waals surface area contributed by atoms with Crippen molar-refractivity contribution in [2.24, 2.45) is 7.05 Å². The first-order valence-corrected chi connectivity index (χ1v) is 6.01. The third-order valence-corrected chi connectivity index (χ3v) is 3.28. The number of para-hydroxylation sites is 2. The molecule has 0 spiro atoms. The third-order valence-electron chi connectivity index (χ3n) is 3.04. The van der Waals surface area contributed by atoms with Crippen molar-refractivity contribution in [1.82, 2.24) is 9.55 Å². The van der Waals surface area contributed by atoms with E-state index in [1.165, 1.54) is 0 Å². The first-order valence-electron chi connectivity index (χ1n) is 5.63. The first-order chi connectivity index (χ1) is 8.66. The molecule has 1 aromatic heterocycles. The van der Waals surface area contributed by atoms with Gasteiger partial charge in [0.25, 0.3) is 0 Å². The van der Waals surface area contributed by atoms with E-state index in [-0.39, 0.29) is 0 Å². The predicted molar refractivity (Wildman–Crippen MR) is 75.6 cm³/mol. The fourth-order valence-corrected chi connectivity index (χ4v) is 2.30. The molecule has 0 amide bonds. The highest BCUT2D eigenvalue weighted by Gasteiger charge is 2.11. The lowest BCUT2D eigenvalue weighted by molar-refractivity contribution is 0.960. The number of aryl methyl sites for hydroxylation is 1. The maximum atomic E-state index is 6.01. The van der Waals surface area contributed by atoms with Gasteiger partial charge in [0, 0.05) is 23.3 Å². The van der Waals surface area contributed by atoms with Gasteiger partial charge in [-0.2, -0.15) is 0 Å². The summed E-state index contributed by atoms with van der Waals surface area (Å²) in [5.74, 6) is 0.852. The van der Waals surface area contributed by atoms with Crippen molar-refractivity contribution in [3.05, 3.63) is 47.5 Å². The van der Waals surface area contributed by atoms with Crippen molar-refractivity contribution in [1.29, 1.82) is 0 Å². The summed E-state index contributed by atoms with van der Waals surface area (Å²) in [4.78, 5) is 4.61. The van der Waals surface area contributed by atoms with Gasteiger partial charge < -0.3 is 10.3 Å². The van der Waals surface area contributed by atoms with Crippen molar-refractivity contribution < 1.29 is 0 Å². The van der Waals surface area contributed by atoms with Crippen LogP contribution >= 0.6 is 11.6 Å². The lowest BCUT2D eigenvalue weighted by Crippen LogP contribution is -1.96. The van der Waals surface area contributed by atoms with Gasteiger partial charge in [-0.3, -0.25) is 0 Å². The first kappa shape index (κ1) is 11.1. The van der Waals surface area contributed by atoms with E-state index < -0.39 is 0 Å². The lowest BCUT2D eigenvalue weighted by atomic mass is 10.1. The minimum absolute atomic E-state index is 0.634. The van der Waals surface area contributed by atoms with Crippen LogP contribution in [0, 0.1) is 0 Å². The molecule has 0 bridgehead atoms. The average molecular weight is 258 g/mol. The number of nitrogen functional groups attached to an aromatic ring is 1. The molecular formula is C14H12ClN3. The zero-order valence-corrected chi connectivity index (χ0v) is 10.6. The largest absolute Gasteiger partial charge is 0.398 e. The van der Waals surface area contributed by atoms with Gasteiger partial charge in [-0.25, -0.2) is 4.98 Å². The molecule has 0 fully saturated rings. The van der Waals surface area contributed by atoms with E-state index in [0.29, 0.717) is 10.7 Å². The van der Waals surface area contributed by atoms with Gasteiger partial charge in [-0.1, -0.05) is 23.7 Å². The molecule has 3 nitrogen and oxygen atoms in total. The lowest BCUT2D eigenvalue weighted by Gasteiger charge is -2.06. The Morgan fingerprint density at radius 1 is 1.17 bits per heavy atom. The van der Waals surface area contributed by atoms with E-state index in [2.05, 4.69) is 4.98 Å². The fourth-order valence-electron chi connectivity index (χ4n) is 2.12. The number of rotatable bonds is 1. The van der Waals surface area contributed by atoms with E-state index in [1.54, 1.807) is 6.07 Å². The Kier molecular flexibility index (Phi) is 2.49. The second-order valence-corrected chi connectivity index (χ2v) is 4.65. The molecule has 18 heavy (non-hydrogen) atoms. The monoisotopic (exact) mass is 257 g/mol. The summed E-state index contributed by atoms with van der Waals surface area (Å²) < 4.78 is 2.04. The van der Waals surface area contributed by atoms with Crippen molar-refractivity contribution in [2.75, 3.05) is 5.73 Å². The Morgan fingerprint density at radius 2 is 1.94 bits per heavy atom. The van der Waals surface area contributed by atoms with E-state index in [4.69, 9.17) is 17.3 Å². The van der Waals surface area contributed by atoms with Gasteiger partial charge in [-0.15, -0.1) is 0 Å². The summed E-state index contributed by atoms with van der Waals surface area (Å²) in [7, 11) is 1.98. The molecule has 90 valence electrons. The van der Waals surface area contributed by atoms with E-state index in [9.17, 15) is 0 Å². The van der Waals surface area contributed by atoms with Crippen LogP contribution in [0.15, 0.2) is 42.5 Å². The quantitative estimate of drug-likeness (QED) is 0.679. The summed E-state index contributed by atoms with van der Waals surface area (Å²) in [6, 6.07) is 13.5. The number of hydrogen-bond donors (Lipinski definition) is 1. The molecule has 3 aromatic rings. The topological polar surface area (TPSA) is 43.8 Å². The average Bonchev–Trinajstić information content (AvgIpc) is 2.68. The zero-order chi connectivity index (χ0) is 12.7.